The molecule has 32 heavy (non-hydrogen) atoms. The highest BCUT2D eigenvalue weighted by Crippen LogP contribution is 2.50. The molecule has 1 aromatic carbocycles. The number of allylic oxidation sites excluding steroid dienone is 2. The van der Waals surface area contributed by atoms with E-state index in [1.165, 1.54) is 0 Å². The number of rotatable bonds is 3. The lowest BCUT2D eigenvalue weighted by Gasteiger charge is -2.36. The lowest BCUT2D eigenvalue weighted by atomic mass is 9.80. The first-order chi connectivity index (χ1) is 15.1. The van der Waals surface area contributed by atoms with Crippen LogP contribution in [-0.4, -0.2) is 39.9 Å². The summed E-state index contributed by atoms with van der Waals surface area (Å²) < 4.78 is 0. The van der Waals surface area contributed by atoms with Gasteiger partial charge in [-0.2, -0.15) is 0 Å². The van der Waals surface area contributed by atoms with Crippen molar-refractivity contribution in [3.8, 4) is 5.75 Å². The van der Waals surface area contributed by atoms with Crippen molar-refractivity contribution >= 4 is 11.8 Å². The molecule has 6 heteroatoms. The molecule has 4 rings (SSSR count). The van der Waals surface area contributed by atoms with Gasteiger partial charge in [0, 0.05) is 0 Å². The molecule has 6 nitrogen and oxygen atoms in total. The Morgan fingerprint density at radius 3 is 2.84 bits per heavy atom. The molecule has 0 aromatic heterocycles. The van der Waals surface area contributed by atoms with Crippen molar-refractivity contribution in [1.29, 1.82) is 0 Å². The van der Waals surface area contributed by atoms with Crippen LogP contribution in [0.25, 0.3) is 0 Å². The normalized spacial score (nSPS) is 30.5. The summed E-state index contributed by atoms with van der Waals surface area (Å²) in [5, 5.41) is 13.3. The Labute approximate surface area is 189 Å². The largest absolute Gasteiger partial charge is 0.508 e. The van der Waals surface area contributed by atoms with E-state index in [0.717, 1.165) is 41.5 Å². The third-order valence-corrected chi connectivity index (χ3v) is 7.19. The first-order valence-corrected chi connectivity index (χ1v) is 11.3. The summed E-state index contributed by atoms with van der Waals surface area (Å²) >= 11 is 0. The highest BCUT2D eigenvalue weighted by atomic mass is 16.3. The quantitative estimate of drug-likeness (QED) is 0.679. The van der Waals surface area contributed by atoms with Crippen molar-refractivity contribution in [2.24, 2.45) is 11.1 Å². The first kappa shape index (κ1) is 22.3. The van der Waals surface area contributed by atoms with Gasteiger partial charge >= 0.3 is 0 Å². The first-order valence-electron chi connectivity index (χ1n) is 11.3. The number of nitrogens with one attached hydrogen (secondary N) is 1. The molecular formula is C26H33N3O3. The Kier molecular flexibility index (Phi) is 5.76. The van der Waals surface area contributed by atoms with Crippen LogP contribution in [0.1, 0.15) is 56.7 Å². The fourth-order valence-corrected chi connectivity index (χ4v) is 5.71. The molecular weight excluding hydrogens is 402 g/mol. The number of nitrogens with two attached hydrogens (primary N) is 1. The topological polar surface area (TPSA) is 95.7 Å². The molecule has 1 aliphatic carbocycles. The van der Waals surface area contributed by atoms with Gasteiger partial charge in [-0.3, -0.25) is 9.59 Å². The van der Waals surface area contributed by atoms with Crippen molar-refractivity contribution in [3.05, 3.63) is 65.8 Å². The molecule has 0 spiro atoms. The molecule has 4 atom stereocenters. The van der Waals surface area contributed by atoms with Gasteiger partial charge in [-0.1, -0.05) is 45.2 Å². The number of hydrogen-bond acceptors (Lipinski definition) is 4. The van der Waals surface area contributed by atoms with E-state index >= 15 is 0 Å². The van der Waals surface area contributed by atoms with Crippen LogP contribution in [0, 0.1) is 5.41 Å². The number of amides is 2. The number of nitrogens with zero attached hydrogens (tertiary/aromatic N) is 1. The fourth-order valence-electron chi connectivity index (χ4n) is 5.71. The average Bonchev–Trinajstić information content (AvgIpc) is 2.97. The molecule has 0 bridgehead atoms. The molecule has 1 aromatic rings. The van der Waals surface area contributed by atoms with Gasteiger partial charge in [-0.25, -0.2) is 0 Å². The standard InChI is InChI=1S/C26H33N3O3/c1-5-7-18-15(2)8-6-9-21(18)28-24(31)23-26(3,4)14-22-19-13-17(30)11-10-16(19)12-20(27)25(32)29(22)23/h5,7,10-11,13,20-23,30H,1-2,6,8-9,12,14,27H2,3-4H3,(H,28,31)/b18-7+/t20-,21+,22+,23?/m0/s1. The van der Waals surface area contributed by atoms with E-state index in [9.17, 15) is 14.7 Å². The maximum atomic E-state index is 13.7. The van der Waals surface area contributed by atoms with Crippen LogP contribution in [0.4, 0.5) is 0 Å². The number of benzene rings is 1. The molecule has 0 radical (unpaired) electrons. The smallest absolute Gasteiger partial charge is 0.243 e. The maximum absolute atomic E-state index is 13.7. The Morgan fingerprint density at radius 2 is 2.12 bits per heavy atom. The summed E-state index contributed by atoms with van der Waals surface area (Å²) in [6, 6.07) is 3.35. The lowest BCUT2D eigenvalue weighted by molar-refractivity contribution is -0.143. The maximum Gasteiger partial charge on any atom is 0.243 e. The van der Waals surface area contributed by atoms with Crippen LogP contribution >= 0.6 is 0 Å². The minimum absolute atomic E-state index is 0.149. The number of carbonyl (C=O) groups excluding carboxylic acids is 2. The second kappa shape index (κ2) is 8.24. The molecule has 1 unspecified atom stereocenters. The molecule has 3 aliphatic rings. The fraction of sp³-hybridized carbons (Fsp3) is 0.462. The number of phenolic OH excluding ortho intramolecular Hbond substituents is 1. The van der Waals surface area contributed by atoms with E-state index in [1.54, 1.807) is 23.1 Å². The van der Waals surface area contributed by atoms with Gasteiger partial charge in [0.05, 0.1) is 18.1 Å². The number of hydrogen-bond donors (Lipinski definition) is 3. The van der Waals surface area contributed by atoms with Gasteiger partial charge < -0.3 is 21.1 Å². The van der Waals surface area contributed by atoms with Crippen LogP contribution in [-0.2, 0) is 16.0 Å². The van der Waals surface area contributed by atoms with Crippen LogP contribution in [0.2, 0.25) is 0 Å². The van der Waals surface area contributed by atoms with E-state index in [-0.39, 0.29) is 29.6 Å². The van der Waals surface area contributed by atoms with Crippen molar-refractivity contribution < 1.29 is 14.7 Å². The second-order valence-electron chi connectivity index (χ2n) is 9.96. The molecule has 170 valence electrons. The van der Waals surface area contributed by atoms with Gasteiger partial charge in [0.2, 0.25) is 11.8 Å². The second-order valence-corrected chi connectivity index (χ2v) is 9.96. The molecule has 1 saturated carbocycles. The monoisotopic (exact) mass is 435 g/mol. The van der Waals surface area contributed by atoms with Crippen molar-refractivity contribution in [1.82, 2.24) is 10.2 Å². The van der Waals surface area contributed by atoms with E-state index in [4.69, 9.17) is 5.73 Å². The van der Waals surface area contributed by atoms with E-state index in [0.29, 0.717) is 12.8 Å². The van der Waals surface area contributed by atoms with Gasteiger partial charge in [-0.05, 0) is 71.9 Å². The highest BCUT2D eigenvalue weighted by Gasteiger charge is 2.55. The predicted octanol–water partition coefficient (Wildman–Crippen LogP) is 3.28. The summed E-state index contributed by atoms with van der Waals surface area (Å²) in [5.41, 5.74) is 9.68. The molecule has 2 amide bonds. The van der Waals surface area contributed by atoms with Crippen LogP contribution in [0.15, 0.2) is 54.7 Å². The van der Waals surface area contributed by atoms with Gasteiger partial charge in [0.15, 0.2) is 0 Å². The third-order valence-electron chi connectivity index (χ3n) is 7.19. The Bertz CT molecular complexity index is 1010. The van der Waals surface area contributed by atoms with Gasteiger partial charge in [0.25, 0.3) is 0 Å². The summed E-state index contributed by atoms with van der Waals surface area (Å²) in [6.45, 7) is 12.0. The van der Waals surface area contributed by atoms with Crippen LogP contribution < -0.4 is 11.1 Å². The third kappa shape index (κ3) is 3.77. The SMILES string of the molecule is C=C/C=C1\C(=C)CCC[C@H]1NC(=O)C1N2C(=O)[C@@H](N)Cc3ccc(O)cc3[C@H]2CC1(C)C. The molecule has 2 fully saturated rings. The number of phenols is 1. The molecule has 1 saturated heterocycles. The summed E-state index contributed by atoms with van der Waals surface area (Å²) in [5.74, 6) is -0.236. The zero-order chi connectivity index (χ0) is 23.2. The summed E-state index contributed by atoms with van der Waals surface area (Å²) in [7, 11) is 0. The van der Waals surface area contributed by atoms with E-state index < -0.39 is 17.5 Å². The minimum Gasteiger partial charge on any atom is -0.508 e. The Balaban J connectivity index is 1.70. The Morgan fingerprint density at radius 1 is 1.38 bits per heavy atom. The zero-order valence-corrected chi connectivity index (χ0v) is 18.9. The lowest BCUT2D eigenvalue weighted by Crippen LogP contribution is -2.56. The van der Waals surface area contributed by atoms with Gasteiger partial charge in [0.1, 0.15) is 11.8 Å². The minimum atomic E-state index is -0.724. The zero-order valence-electron chi connectivity index (χ0n) is 18.9. The molecule has 4 N–H and O–H groups in total. The predicted molar refractivity (Wildman–Crippen MR) is 125 cm³/mol. The van der Waals surface area contributed by atoms with Crippen LogP contribution in [0.5, 0.6) is 5.75 Å². The van der Waals surface area contributed by atoms with E-state index in [1.807, 2.05) is 26.0 Å². The molecule has 2 aliphatic heterocycles. The van der Waals surface area contributed by atoms with E-state index in [2.05, 4.69) is 18.5 Å². The number of carbonyl (C=O) groups is 2. The molecule has 2 heterocycles. The van der Waals surface area contributed by atoms with Gasteiger partial charge in [-0.15, -0.1) is 0 Å². The number of fused-ring (bicyclic) bond motifs is 3. The summed E-state index contributed by atoms with van der Waals surface area (Å²) in [6.07, 6.45) is 7.34. The Hall–Kier alpha value is -2.86. The van der Waals surface area contributed by atoms with Crippen molar-refractivity contribution in [2.45, 2.75) is 70.1 Å². The average molecular weight is 436 g/mol. The number of aromatic hydroxyl groups is 1. The van der Waals surface area contributed by atoms with Crippen LogP contribution in [0.3, 0.4) is 0 Å². The van der Waals surface area contributed by atoms with Crippen molar-refractivity contribution in [3.63, 3.8) is 0 Å². The summed E-state index contributed by atoms with van der Waals surface area (Å²) in [4.78, 5) is 28.8. The van der Waals surface area contributed by atoms with Crippen molar-refractivity contribution in [2.75, 3.05) is 0 Å². The highest BCUT2D eigenvalue weighted by molar-refractivity contribution is 5.92.